The van der Waals surface area contributed by atoms with E-state index in [1.807, 2.05) is 53.8 Å². The second-order valence-electron chi connectivity index (χ2n) is 5.86. The van der Waals surface area contributed by atoms with E-state index in [0.29, 0.717) is 13.1 Å². The van der Waals surface area contributed by atoms with Gasteiger partial charge in [0.05, 0.1) is 18.2 Å². The van der Waals surface area contributed by atoms with Crippen molar-refractivity contribution in [3.05, 3.63) is 52.7 Å². The summed E-state index contributed by atoms with van der Waals surface area (Å²) in [5.74, 6) is -0.337. The summed E-state index contributed by atoms with van der Waals surface area (Å²) < 4.78 is 0. The zero-order valence-corrected chi connectivity index (χ0v) is 14.5. The van der Waals surface area contributed by atoms with Crippen molar-refractivity contribution in [1.82, 2.24) is 10.3 Å². The Kier molecular flexibility index (Phi) is 5.15. The second-order valence-corrected chi connectivity index (χ2v) is 6.89. The number of hydrazine groups is 1. The lowest BCUT2D eigenvalue weighted by Crippen LogP contribution is -2.42. The smallest absolute Gasteiger partial charge is 0.241 e. The quantitative estimate of drug-likeness (QED) is 0.876. The number of carbonyl (C=O) groups is 2. The van der Waals surface area contributed by atoms with Crippen molar-refractivity contribution >= 4 is 28.8 Å². The Morgan fingerprint density at radius 3 is 2.79 bits per heavy atom. The van der Waals surface area contributed by atoms with Crippen LogP contribution >= 0.6 is 11.3 Å². The molecule has 1 unspecified atom stereocenters. The molecule has 1 aliphatic heterocycles. The number of amides is 2. The van der Waals surface area contributed by atoms with Crippen molar-refractivity contribution in [3.63, 3.8) is 0 Å². The molecule has 2 amide bonds. The summed E-state index contributed by atoms with van der Waals surface area (Å²) >= 11 is 1.69. The van der Waals surface area contributed by atoms with E-state index >= 15 is 0 Å². The number of hydrogen-bond donors (Lipinski definition) is 1. The van der Waals surface area contributed by atoms with Crippen molar-refractivity contribution in [2.24, 2.45) is 5.92 Å². The summed E-state index contributed by atoms with van der Waals surface area (Å²) in [5, 5.41) is 8.46. The van der Waals surface area contributed by atoms with Crippen LogP contribution in [-0.4, -0.2) is 37.0 Å². The fourth-order valence-electron chi connectivity index (χ4n) is 2.85. The molecule has 126 valence electrons. The molecule has 5 nitrogen and oxygen atoms in total. The second kappa shape index (κ2) is 7.49. The van der Waals surface area contributed by atoms with Crippen LogP contribution in [0.5, 0.6) is 0 Å². The minimum atomic E-state index is -0.285. The van der Waals surface area contributed by atoms with Crippen molar-refractivity contribution in [1.29, 1.82) is 0 Å². The van der Waals surface area contributed by atoms with Gasteiger partial charge in [-0.05, 0) is 30.0 Å². The average Bonchev–Trinajstić information content (AvgIpc) is 3.24. The fraction of sp³-hybridized carbons (Fsp3) is 0.333. The molecule has 1 saturated heterocycles. The van der Waals surface area contributed by atoms with Gasteiger partial charge < -0.3 is 5.32 Å². The lowest BCUT2D eigenvalue weighted by atomic mass is 10.1. The molecule has 0 aliphatic carbocycles. The van der Waals surface area contributed by atoms with Crippen LogP contribution in [0.15, 0.2) is 47.8 Å². The highest BCUT2D eigenvalue weighted by atomic mass is 32.1. The number of rotatable bonds is 6. The topological polar surface area (TPSA) is 52.6 Å². The van der Waals surface area contributed by atoms with Gasteiger partial charge in [-0.3, -0.25) is 19.6 Å². The molecule has 1 aromatic heterocycles. The van der Waals surface area contributed by atoms with Crippen LogP contribution in [0.25, 0.3) is 0 Å². The Balaban J connectivity index is 1.53. The molecule has 1 fully saturated rings. The zero-order valence-electron chi connectivity index (χ0n) is 13.6. The Hall–Kier alpha value is -2.34. The Morgan fingerprint density at radius 2 is 2.08 bits per heavy atom. The average molecular weight is 343 g/mol. The van der Waals surface area contributed by atoms with Crippen molar-refractivity contribution < 1.29 is 9.59 Å². The molecule has 1 aromatic carbocycles. The minimum Gasteiger partial charge on any atom is -0.355 e. The molecule has 24 heavy (non-hydrogen) atoms. The Labute approximate surface area is 145 Å². The number of hydrogen-bond acceptors (Lipinski definition) is 4. The molecule has 2 heterocycles. The third kappa shape index (κ3) is 3.76. The van der Waals surface area contributed by atoms with Crippen LogP contribution < -0.4 is 10.3 Å². The highest BCUT2D eigenvalue weighted by Gasteiger charge is 2.36. The normalized spacial score (nSPS) is 17.1. The van der Waals surface area contributed by atoms with Crippen LogP contribution in [0.1, 0.15) is 11.3 Å². The maximum atomic E-state index is 12.3. The van der Waals surface area contributed by atoms with Gasteiger partial charge in [-0.2, -0.15) is 0 Å². The first-order valence-corrected chi connectivity index (χ1v) is 8.92. The molecular weight excluding hydrogens is 322 g/mol. The number of carbonyl (C=O) groups excluding carboxylic acids is 2. The Morgan fingerprint density at radius 1 is 1.29 bits per heavy atom. The van der Waals surface area contributed by atoms with Crippen LogP contribution in [0.3, 0.4) is 0 Å². The van der Waals surface area contributed by atoms with Crippen LogP contribution in [0, 0.1) is 5.92 Å². The van der Waals surface area contributed by atoms with Gasteiger partial charge in [0.2, 0.25) is 11.8 Å². The third-order valence-corrected chi connectivity index (χ3v) is 5.15. The Bertz CT molecular complexity index is 688. The fourth-order valence-corrected chi connectivity index (χ4v) is 3.56. The number of anilines is 1. The SMILES string of the molecule is CN(c1ccccc1)N1CC(C(=O)NCCc2cccs2)CC1=O. The van der Waals surface area contributed by atoms with E-state index in [-0.39, 0.29) is 24.2 Å². The molecule has 6 heteroatoms. The summed E-state index contributed by atoms with van der Waals surface area (Å²) in [4.78, 5) is 25.8. The van der Waals surface area contributed by atoms with Gasteiger partial charge in [0.25, 0.3) is 0 Å². The maximum absolute atomic E-state index is 12.3. The summed E-state index contributed by atoms with van der Waals surface area (Å²) in [6.07, 6.45) is 1.10. The molecule has 2 aromatic rings. The predicted molar refractivity (Wildman–Crippen MR) is 95.7 cm³/mol. The van der Waals surface area contributed by atoms with Crippen LogP contribution in [0.2, 0.25) is 0 Å². The van der Waals surface area contributed by atoms with Gasteiger partial charge in [-0.25, -0.2) is 0 Å². The van der Waals surface area contributed by atoms with Gasteiger partial charge in [-0.1, -0.05) is 24.3 Å². The van der Waals surface area contributed by atoms with Gasteiger partial charge >= 0.3 is 0 Å². The zero-order chi connectivity index (χ0) is 16.9. The predicted octanol–water partition coefficient (Wildman–Crippen LogP) is 2.31. The van der Waals surface area contributed by atoms with E-state index in [1.54, 1.807) is 16.3 Å². The first-order chi connectivity index (χ1) is 11.6. The summed E-state index contributed by atoms with van der Waals surface area (Å²) in [5.41, 5.74) is 0.935. The highest BCUT2D eigenvalue weighted by molar-refractivity contribution is 7.09. The third-order valence-electron chi connectivity index (χ3n) is 4.22. The van der Waals surface area contributed by atoms with E-state index in [9.17, 15) is 9.59 Å². The molecule has 0 bridgehead atoms. The standard InChI is InChI=1S/C18H21N3O2S/c1-20(15-6-3-2-4-7-15)21-13-14(12-17(21)22)18(23)19-10-9-16-8-5-11-24-16/h2-8,11,14H,9-10,12-13H2,1H3,(H,19,23). The molecule has 1 N–H and O–H groups in total. The molecule has 3 rings (SSSR count). The van der Waals surface area contributed by atoms with E-state index in [4.69, 9.17) is 0 Å². The number of nitrogens with one attached hydrogen (secondary N) is 1. The number of thiophene rings is 1. The van der Waals surface area contributed by atoms with E-state index in [2.05, 4.69) is 11.4 Å². The largest absolute Gasteiger partial charge is 0.355 e. The number of benzene rings is 1. The maximum Gasteiger partial charge on any atom is 0.241 e. The number of nitrogens with zero attached hydrogens (tertiary/aromatic N) is 2. The van der Waals surface area contributed by atoms with Gasteiger partial charge in [-0.15, -0.1) is 11.3 Å². The summed E-state index contributed by atoms with van der Waals surface area (Å²) in [7, 11) is 1.85. The molecule has 1 atom stereocenters. The van der Waals surface area contributed by atoms with E-state index in [0.717, 1.165) is 12.1 Å². The summed E-state index contributed by atoms with van der Waals surface area (Å²) in [6.45, 7) is 1.04. The van der Waals surface area contributed by atoms with Gasteiger partial charge in [0, 0.05) is 24.9 Å². The van der Waals surface area contributed by atoms with Crippen LogP contribution in [-0.2, 0) is 16.0 Å². The highest BCUT2D eigenvalue weighted by Crippen LogP contribution is 2.23. The van der Waals surface area contributed by atoms with Crippen LogP contribution in [0.4, 0.5) is 5.69 Å². The van der Waals surface area contributed by atoms with Crippen molar-refractivity contribution in [3.8, 4) is 0 Å². The lowest BCUT2D eigenvalue weighted by molar-refractivity contribution is -0.129. The first kappa shape index (κ1) is 16.5. The molecule has 0 radical (unpaired) electrons. The van der Waals surface area contributed by atoms with Gasteiger partial charge in [0.1, 0.15) is 0 Å². The monoisotopic (exact) mass is 343 g/mol. The number of para-hydroxylation sites is 1. The van der Waals surface area contributed by atoms with E-state index < -0.39 is 0 Å². The first-order valence-electron chi connectivity index (χ1n) is 8.04. The summed E-state index contributed by atoms with van der Waals surface area (Å²) in [6, 6.07) is 13.8. The lowest BCUT2D eigenvalue weighted by Gasteiger charge is -2.30. The molecule has 0 spiro atoms. The minimum absolute atomic E-state index is 0.0141. The molecule has 1 aliphatic rings. The van der Waals surface area contributed by atoms with Gasteiger partial charge in [0.15, 0.2) is 0 Å². The van der Waals surface area contributed by atoms with Crippen molar-refractivity contribution in [2.45, 2.75) is 12.8 Å². The molecular formula is C18H21N3O2S. The molecule has 0 saturated carbocycles. The van der Waals surface area contributed by atoms with E-state index in [1.165, 1.54) is 4.88 Å². The van der Waals surface area contributed by atoms with Crippen molar-refractivity contribution in [2.75, 3.05) is 25.1 Å².